The van der Waals surface area contributed by atoms with Crippen LogP contribution in [0.2, 0.25) is 5.02 Å². The first kappa shape index (κ1) is 20.8. The zero-order valence-electron chi connectivity index (χ0n) is 15.5. The number of ether oxygens (including phenoxy) is 1. The maximum atomic E-state index is 11.0. The summed E-state index contributed by atoms with van der Waals surface area (Å²) in [4.78, 5) is 14.9. The smallest absolute Gasteiger partial charge is 0.298 e. The van der Waals surface area contributed by atoms with E-state index in [1.165, 1.54) is 6.07 Å². The lowest BCUT2D eigenvalue weighted by molar-refractivity contribution is -0.385. The van der Waals surface area contributed by atoms with Crippen LogP contribution in [0.4, 0.5) is 5.69 Å². The first-order valence-corrected chi connectivity index (χ1v) is 9.58. The van der Waals surface area contributed by atoms with E-state index in [4.69, 9.17) is 16.3 Å². The van der Waals surface area contributed by atoms with Crippen LogP contribution in [-0.2, 0) is 6.42 Å². The molecule has 0 radical (unpaired) electrons. The first-order valence-electron chi connectivity index (χ1n) is 8.43. The number of halogens is 1. The highest BCUT2D eigenvalue weighted by atomic mass is 35.5. The van der Waals surface area contributed by atoms with Gasteiger partial charge in [0.25, 0.3) is 10.9 Å². The predicted molar refractivity (Wildman–Crippen MR) is 108 cm³/mol. The van der Waals surface area contributed by atoms with Crippen molar-refractivity contribution in [3.05, 3.63) is 74.0 Å². The molecule has 0 saturated heterocycles. The van der Waals surface area contributed by atoms with Crippen LogP contribution in [0.5, 0.6) is 10.9 Å². The summed E-state index contributed by atoms with van der Waals surface area (Å²) < 4.78 is 10.1. The van der Waals surface area contributed by atoms with Crippen LogP contribution in [-0.4, -0.2) is 14.3 Å². The van der Waals surface area contributed by atoms with Gasteiger partial charge < -0.3 is 4.74 Å². The quantitative estimate of drug-likeness (QED) is 0.377. The Kier molecular flexibility index (Phi) is 7.27. The van der Waals surface area contributed by atoms with Gasteiger partial charge in [-0.15, -0.1) is 0 Å². The molecular weight excluding hydrogens is 386 g/mol. The van der Waals surface area contributed by atoms with Crippen molar-refractivity contribution in [2.24, 2.45) is 0 Å². The number of aryl methyl sites for hydroxylation is 2. The first-order chi connectivity index (χ1) is 12.9. The van der Waals surface area contributed by atoms with Gasteiger partial charge in [-0.05, 0) is 43.2 Å². The summed E-state index contributed by atoms with van der Waals surface area (Å²) in [5, 5.41) is 12.1. The van der Waals surface area contributed by atoms with Gasteiger partial charge in [0.1, 0.15) is 5.75 Å². The number of nitrogens with zero attached hydrogens (tertiary/aromatic N) is 3. The normalized spacial score (nSPS) is 10.1. The summed E-state index contributed by atoms with van der Waals surface area (Å²) in [6.07, 6.45) is 0.579. The van der Waals surface area contributed by atoms with Gasteiger partial charge in [0.2, 0.25) is 0 Å². The highest BCUT2D eigenvalue weighted by Gasteiger charge is 2.16. The van der Waals surface area contributed by atoms with Crippen molar-refractivity contribution in [3.8, 4) is 10.9 Å². The minimum absolute atomic E-state index is 0.0746. The Morgan fingerprint density at radius 2 is 1.81 bits per heavy atom. The van der Waals surface area contributed by atoms with Gasteiger partial charge in [0, 0.05) is 34.6 Å². The Bertz CT molecular complexity index is 926. The molecule has 2 aromatic carbocycles. The molecule has 1 aromatic heterocycles. The minimum atomic E-state index is -0.402. The van der Waals surface area contributed by atoms with Gasteiger partial charge in [-0.1, -0.05) is 37.6 Å². The Labute approximate surface area is 167 Å². The third-order valence-corrected chi connectivity index (χ3v) is 4.50. The number of rotatable bonds is 5. The molecule has 0 N–H and O–H groups in total. The average Bonchev–Trinajstić information content (AvgIpc) is 3.08. The number of aromatic nitrogens is 2. The predicted octanol–water partition coefficient (Wildman–Crippen LogP) is 6.13. The highest BCUT2D eigenvalue weighted by molar-refractivity contribution is 7.07. The molecule has 0 fully saturated rings. The molecule has 0 aliphatic rings. The van der Waals surface area contributed by atoms with Crippen LogP contribution < -0.4 is 4.74 Å². The summed E-state index contributed by atoms with van der Waals surface area (Å²) in [6, 6.07) is 10.6. The Balaban J connectivity index is 0.00000126. The van der Waals surface area contributed by atoms with Crippen molar-refractivity contribution in [2.75, 3.05) is 0 Å². The summed E-state index contributed by atoms with van der Waals surface area (Å²) in [7, 11) is 0. The summed E-state index contributed by atoms with van der Waals surface area (Å²) >= 11 is 7.02. The number of hydrogen-bond donors (Lipinski definition) is 0. The minimum Gasteiger partial charge on any atom is -0.430 e. The largest absolute Gasteiger partial charge is 0.430 e. The van der Waals surface area contributed by atoms with Crippen molar-refractivity contribution < 1.29 is 9.66 Å². The van der Waals surface area contributed by atoms with Crippen LogP contribution in [0.25, 0.3) is 0 Å². The standard InChI is InChI=1S/C17H14ClN3O3S.C2H6/c1-10-8-15(11(2)7-14(10)21(22)23)24-17-19-16(20-25-17)9-12-3-5-13(18)6-4-12;1-2/h3-8H,9H2,1-2H3;1-2H3. The molecule has 0 unspecified atom stereocenters. The lowest BCUT2D eigenvalue weighted by Crippen LogP contribution is -1.95. The van der Waals surface area contributed by atoms with Crippen LogP contribution in [0.3, 0.4) is 0 Å². The van der Waals surface area contributed by atoms with Crippen LogP contribution in [0, 0.1) is 24.0 Å². The zero-order valence-corrected chi connectivity index (χ0v) is 17.1. The summed E-state index contributed by atoms with van der Waals surface area (Å²) in [5.41, 5.74) is 2.34. The molecule has 0 saturated carbocycles. The van der Waals surface area contributed by atoms with E-state index >= 15 is 0 Å². The van der Waals surface area contributed by atoms with Gasteiger partial charge in [-0.3, -0.25) is 10.1 Å². The third-order valence-electron chi connectivity index (χ3n) is 3.61. The van der Waals surface area contributed by atoms with E-state index in [1.807, 2.05) is 38.1 Å². The fourth-order valence-corrected chi connectivity index (χ4v) is 3.00. The van der Waals surface area contributed by atoms with E-state index in [0.29, 0.717) is 39.3 Å². The third kappa shape index (κ3) is 5.48. The molecule has 6 nitrogen and oxygen atoms in total. The fraction of sp³-hybridized carbons (Fsp3) is 0.263. The van der Waals surface area contributed by atoms with Crippen LogP contribution >= 0.6 is 23.1 Å². The van der Waals surface area contributed by atoms with E-state index < -0.39 is 4.92 Å². The van der Waals surface area contributed by atoms with Gasteiger partial charge in [-0.2, -0.15) is 9.36 Å². The summed E-state index contributed by atoms with van der Waals surface area (Å²) in [5.74, 6) is 1.19. The summed E-state index contributed by atoms with van der Waals surface area (Å²) in [6.45, 7) is 7.44. The molecule has 0 aliphatic carbocycles. The Morgan fingerprint density at radius 1 is 1.15 bits per heavy atom. The lowest BCUT2D eigenvalue weighted by Gasteiger charge is -2.07. The van der Waals surface area contributed by atoms with Crippen molar-refractivity contribution >= 4 is 28.8 Å². The molecule has 27 heavy (non-hydrogen) atoms. The monoisotopic (exact) mass is 405 g/mol. The second kappa shape index (κ2) is 9.43. The van der Waals surface area contributed by atoms with Crippen molar-refractivity contribution in [1.29, 1.82) is 0 Å². The molecule has 142 valence electrons. The molecule has 0 atom stereocenters. The van der Waals surface area contributed by atoms with Crippen LogP contribution in [0.1, 0.15) is 36.4 Å². The van der Waals surface area contributed by atoms with Gasteiger partial charge in [0.15, 0.2) is 5.82 Å². The Hall–Kier alpha value is -2.51. The van der Waals surface area contributed by atoms with E-state index in [1.54, 1.807) is 19.9 Å². The van der Waals surface area contributed by atoms with Gasteiger partial charge in [0.05, 0.1) is 4.92 Å². The fourth-order valence-electron chi connectivity index (χ4n) is 2.31. The number of nitro benzene ring substituents is 1. The van der Waals surface area contributed by atoms with Crippen molar-refractivity contribution in [3.63, 3.8) is 0 Å². The highest BCUT2D eigenvalue weighted by Crippen LogP contribution is 2.32. The van der Waals surface area contributed by atoms with E-state index in [2.05, 4.69) is 9.36 Å². The van der Waals surface area contributed by atoms with Crippen molar-refractivity contribution in [1.82, 2.24) is 9.36 Å². The van der Waals surface area contributed by atoms with Crippen LogP contribution in [0.15, 0.2) is 36.4 Å². The second-order valence-corrected chi connectivity index (χ2v) is 6.69. The van der Waals surface area contributed by atoms with E-state index in [0.717, 1.165) is 17.1 Å². The van der Waals surface area contributed by atoms with Gasteiger partial charge >= 0.3 is 0 Å². The molecule has 0 aliphatic heterocycles. The SMILES string of the molecule is CC.Cc1cc([N+](=O)[O-])c(C)cc1Oc1nc(Cc2ccc(Cl)cc2)ns1. The molecule has 0 spiro atoms. The maximum Gasteiger partial charge on any atom is 0.298 e. The maximum absolute atomic E-state index is 11.0. The molecular formula is C19H20ClN3O3S. The topological polar surface area (TPSA) is 78.2 Å². The Morgan fingerprint density at radius 3 is 2.44 bits per heavy atom. The molecule has 0 amide bonds. The zero-order chi connectivity index (χ0) is 20.0. The molecule has 3 aromatic rings. The van der Waals surface area contributed by atoms with E-state index in [-0.39, 0.29) is 5.69 Å². The van der Waals surface area contributed by atoms with Crippen molar-refractivity contribution in [2.45, 2.75) is 34.1 Å². The number of benzene rings is 2. The molecule has 1 heterocycles. The van der Waals surface area contributed by atoms with Gasteiger partial charge in [-0.25, -0.2) is 0 Å². The second-order valence-electron chi connectivity index (χ2n) is 5.54. The lowest BCUT2D eigenvalue weighted by atomic mass is 10.1. The molecule has 8 heteroatoms. The number of nitro groups is 1. The average molecular weight is 406 g/mol. The van der Waals surface area contributed by atoms with E-state index in [9.17, 15) is 10.1 Å². The molecule has 3 rings (SSSR count). The molecule has 0 bridgehead atoms. The number of hydrogen-bond acceptors (Lipinski definition) is 6.